The molecule has 1 aliphatic heterocycles. The van der Waals surface area contributed by atoms with Gasteiger partial charge in [-0.25, -0.2) is 0 Å². The van der Waals surface area contributed by atoms with Gasteiger partial charge in [0.15, 0.2) is 17.3 Å². The van der Waals surface area contributed by atoms with Crippen molar-refractivity contribution in [1.82, 2.24) is 15.5 Å². The number of ether oxygens (including phenoxy) is 3. The molecule has 1 aromatic carbocycles. The Morgan fingerprint density at radius 1 is 1.25 bits per heavy atom. The van der Waals surface area contributed by atoms with Crippen molar-refractivity contribution in [3.8, 4) is 11.5 Å². The molecular weight excluding hydrogens is 334 g/mol. The molecule has 0 bridgehead atoms. The van der Waals surface area contributed by atoms with E-state index in [-0.39, 0.29) is 18.5 Å². The van der Waals surface area contributed by atoms with Gasteiger partial charge in [0.1, 0.15) is 0 Å². The minimum absolute atomic E-state index is 0. The Morgan fingerprint density at radius 3 is 2.79 bits per heavy atom. The summed E-state index contributed by atoms with van der Waals surface area (Å²) in [4.78, 5) is 4.44. The van der Waals surface area contributed by atoms with Gasteiger partial charge in [0.05, 0.1) is 33.4 Å². The van der Waals surface area contributed by atoms with Gasteiger partial charge in [0.2, 0.25) is 5.89 Å². The molecule has 0 aliphatic carbocycles. The summed E-state index contributed by atoms with van der Waals surface area (Å²) in [7, 11) is 3.23. The van der Waals surface area contributed by atoms with Crippen LogP contribution in [-0.2, 0) is 17.6 Å². The number of morpholine rings is 1. The molecular formula is C16H22ClN3O4. The highest BCUT2D eigenvalue weighted by Crippen LogP contribution is 2.28. The van der Waals surface area contributed by atoms with Gasteiger partial charge in [-0.2, -0.15) is 4.98 Å². The lowest BCUT2D eigenvalue weighted by molar-refractivity contribution is 0.0246. The first-order valence-electron chi connectivity index (χ1n) is 7.63. The van der Waals surface area contributed by atoms with E-state index in [2.05, 4.69) is 15.5 Å². The van der Waals surface area contributed by atoms with E-state index in [4.69, 9.17) is 18.7 Å². The molecule has 0 saturated carbocycles. The second-order valence-electron chi connectivity index (χ2n) is 5.37. The van der Waals surface area contributed by atoms with Crippen molar-refractivity contribution in [2.45, 2.75) is 18.9 Å². The fraction of sp³-hybridized carbons (Fsp3) is 0.500. The van der Waals surface area contributed by atoms with Gasteiger partial charge in [-0.15, -0.1) is 12.4 Å². The Labute approximate surface area is 147 Å². The maximum Gasteiger partial charge on any atom is 0.229 e. The lowest BCUT2D eigenvalue weighted by Crippen LogP contribution is -2.39. The van der Waals surface area contributed by atoms with Crippen molar-refractivity contribution < 1.29 is 18.7 Å². The quantitative estimate of drug-likeness (QED) is 0.843. The lowest BCUT2D eigenvalue weighted by Gasteiger charge is -2.21. The number of hydrogen-bond donors (Lipinski definition) is 1. The third kappa shape index (κ3) is 4.59. The standard InChI is InChI=1S/C16H21N3O4.ClH/c1-20-13-4-3-11(7-14(13)21-2)8-15-18-16(23-19-15)9-12-10-17-5-6-22-12;/h3-4,7,12,17H,5-6,8-10H2,1-2H3;1H. The number of rotatable bonds is 6. The normalized spacial score (nSPS) is 17.2. The molecule has 0 amide bonds. The Kier molecular flexibility index (Phi) is 6.84. The summed E-state index contributed by atoms with van der Waals surface area (Å²) in [6.45, 7) is 2.43. The molecule has 2 aromatic rings. The number of aromatic nitrogens is 2. The molecule has 1 saturated heterocycles. The van der Waals surface area contributed by atoms with Crippen LogP contribution in [-0.4, -0.2) is 50.2 Å². The number of halogens is 1. The maximum atomic E-state index is 5.64. The molecule has 2 heterocycles. The zero-order chi connectivity index (χ0) is 16.1. The smallest absolute Gasteiger partial charge is 0.229 e. The first-order valence-corrected chi connectivity index (χ1v) is 7.63. The van der Waals surface area contributed by atoms with E-state index in [0.717, 1.165) is 25.3 Å². The molecule has 132 valence electrons. The molecule has 0 radical (unpaired) electrons. The van der Waals surface area contributed by atoms with E-state index >= 15 is 0 Å². The average Bonchev–Trinajstić information content (AvgIpc) is 3.02. The number of benzene rings is 1. The Hall–Kier alpha value is -1.83. The van der Waals surface area contributed by atoms with Crippen molar-refractivity contribution >= 4 is 12.4 Å². The molecule has 7 nitrogen and oxygen atoms in total. The highest BCUT2D eigenvalue weighted by atomic mass is 35.5. The largest absolute Gasteiger partial charge is 0.493 e. The topological polar surface area (TPSA) is 78.6 Å². The number of hydrogen-bond acceptors (Lipinski definition) is 7. The van der Waals surface area contributed by atoms with Crippen LogP contribution in [0.15, 0.2) is 22.7 Å². The fourth-order valence-corrected chi connectivity index (χ4v) is 2.56. The van der Waals surface area contributed by atoms with Crippen molar-refractivity contribution in [2.75, 3.05) is 33.9 Å². The van der Waals surface area contributed by atoms with Crippen LogP contribution in [0.25, 0.3) is 0 Å². The van der Waals surface area contributed by atoms with Gasteiger partial charge in [0, 0.05) is 19.5 Å². The zero-order valence-electron chi connectivity index (χ0n) is 13.8. The summed E-state index contributed by atoms with van der Waals surface area (Å²) in [6, 6.07) is 5.76. The van der Waals surface area contributed by atoms with Crippen LogP contribution in [0.5, 0.6) is 11.5 Å². The lowest BCUT2D eigenvalue weighted by atomic mass is 10.1. The van der Waals surface area contributed by atoms with Gasteiger partial charge in [-0.1, -0.05) is 11.2 Å². The minimum atomic E-state index is 0. The first kappa shape index (κ1) is 18.5. The molecule has 1 unspecified atom stereocenters. The Balaban J connectivity index is 0.00000208. The molecule has 3 rings (SSSR count). The van der Waals surface area contributed by atoms with Crippen LogP contribution in [0.4, 0.5) is 0 Å². The number of methoxy groups -OCH3 is 2. The molecule has 1 fully saturated rings. The summed E-state index contributed by atoms with van der Waals surface area (Å²) < 4.78 is 21.5. The van der Waals surface area contributed by atoms with E-state index < -0.39 is 0 Å². The van der Waals surface area contributed by atoms with Crippen molar-refractivity contribution in [3.63, 3.8) is 0 Å². The summed E-state index contributed by atoms with van der Waals surface area (Å²) >= 11 is 0. The van der Waals surface area contributed by atoms with Crippen molar-refractivity contribution in [1.29, 1.82) is 0 Å². The van der Waals surface area contributed by atoms with E-state index in [9.17, 15) is 0 Å². The van der Waals surface area contributed by atoms with Gasteiger partial charge >= 0.3 is 0 Å². The molecule has 0 spiro atoms. The van der Waals surface area contributed by atoms with Crippen molar-refractivity contribution in [2.24, 2.45) is 0 Å². The maximum absolute atomic E-state index is 5.64. The highest BCUT2D eigenvalue weighted by Gasteiger charge is 2.18. The van der Waals surface area contributed by atoms with E-state index in [1.165, 1.54) is 0 Å². The Bertz CT molecular complexity index is 644. The third-order valence-electron chi connectivity index (χ3n) is 3.73. The molecule has 24 heavy (non-hydrogen) atoms. The van der Waals surface area contributed by atoms with Gasteiger partial charge < -0.3 is 24.1 Å². The molecule has 1 aromatic heterocycles. The highest BCUT2D eigenvalue weighted by molar-refractivity contribution is 5.85. The first-order chi connectivity index (χ1) is 11.3. The predicted molar refractivity (Wildman–Crippen MR) is 90.2 cm³/mol. The van der Waals surface area contributed by atoms with Crippen LogP contribution >= 0.6 is 12.4 Å². The second-order valence-corrected chi connectivity index (χ2v) is 5.37. The monoisotopic (exact) mass is 355 g/mol. The summed E-state index contributed by atoms with van der Waals surface area (Å²) in [6.07, 6.45) is 1.30. The van der Waals surface area contributed by atoms with Crippen LogP contribution < -0.4 is 14.8 Å². The van der Waals surface area contributed by atoms with Crippen LogP contribution in [0.2, 0.25) is 0 Å². The SMILES string of the molecule is COc1ccc(Cc2noc(CC3CNCCO3)n2)cc1OC.Cl. The van der Waals surface area contributed by atoms with Gasteiger partial charge in [0.25, 0.3) is 0 Å². The van der Waals surface area contributed by atoms with E-state index in [1.807, 2.05) is 18.2 Å². The van der Waals surface area contributed by atoms with Crippen LogP contribution in [0, 0.1) is 0 Å². The summed E-state index contributed by atoms with van der Waals surface area (Å²) in [5, 5.41) is 7.33. The van der Waals surface area contributed by atoms with Crippen LogP contribution in [0.1, 0.15) is 17.3 Å². The molecule has 1 N–H and O–H groups in total. The molecule has 8 heteroatoms. The average molecular weight is 356 g/mol. The van der Waals surface area contributed by atoms with Crippen molar-refractivity contribution in [3.05, 3.63) is 35.5 Å². The third-order valence-corrected chi connectivity index (χ3v) is 3.73. The van der Waals surface area contributed by atoms with E-state index in [1.54, 1.807) is 14.2 Å². The summed E-state index contributed by atoms with van der Waals surface area (Å²) in [5.74, 6) is 2.65. The Morgan fingerprint density at radius 2 is 2.08 bits per heavy atom. The van der Waals surface area contributed by atoms with Crippen LogP contribution in [0.3, 0.4) is 0 Å². The minimum Gasteiger partial charge on any atom is -0.493 e. The van der Waals surface area contributed by atoms with E-state index in [0.29, 0.717) is 36.1 Å². The molecule has 1 atom stereocenters. The number of nitrogens with one attached hydrogen (secondary N) is 1. The van der Waals surface area contributed by atoms with Gasteiger partial charge in [-0.05, 0) is 17.7 Å². The summed E-state index contributed by atoms with van der Waals surface area (Å²) in [5.41, 5.74) is 1.03. The molecule has 1 aliphatic rings. The van der Waals surface area contributed by atoms with Gasteiger partial charge in [-0.3, -0.25) is 0 Å². The fourth-order valence-electron chi connectivity index (χ4n) is 2.56. The second kappa shape index (κ2) is 8.86. The number of nitrogens with zero attached hydrogens (tertiary/aromatic N) is 2. The zero-order valence-corrected chi connectivity index (χ0v) is 14.6. The predicted octanol–water partition coefficient (Wildman–Crippen LogP) is 1.63.